The fraction of sp³-hybridized carbons (Fsp3) is 0.219. The van der Waals surface area contributed by atoms with Gasteiger partial charge in [0.25, 0.3) is 0 Å². The summed E-state index contributed by atoms with van der Waals surface area (Å²) in [5.41, 5.74) is 7.00. The molecule has 0 atom stereocenters. The van der Waals surface area contributed by atoms with Crippen LogP contribution in [-0.4, -0.2) is 36.0 Å². The lowest BCUT2D eigenvalue weighted by Gasteiger charge is -2.20. The molecule has 0 spiro atoms. The van der Waals surface area contributed by atoms with Crippen molar-refractivity contribution in [3.05, 3.63) is 79.0 Å². The van der Waals surface area contributed by atoms with Crippen LogP contribution in [0.3, 0.4) is 0 Å². The number of imidazole rings is 1. The van der Waals surface area contributed by atoms with E-state index < -0.39 is 0 Å². The van der Waals surface area contributed by atoms with E-state index in [-0.39, 0.29) is 11.7 Å². The molecule has 4 heterocycles. The second-order valence-electron chi connectivity index (χ2n) is 10.7. The molecule has 9 heteroatoms. The zero-order chi connectivity index (χ0) is 27.8. The van der Waals surface area contributed by atoms with Crippen molar-refractivity contribution in [1.29, 1.82) is 0 Å². The molecular weight excluding hydrogens is 517 g/mol. The molecule has 204 valence electrons. The fourth-order valence-electron chi connectivity index (χ4n) is 5.78. The maximum Gasteiger partial charge on any atom is 0.224 e. The van der Waals surface area contributed by atoms with E-state index in [1.54, 1.807) is 30.7 Å². The molecule has 3 N–H and O–H groups in total. The van der Waals surface area contributed by atoms with Gasteiger partial charge in [0.2, 0.25) is 5.91 Å². The Morgan fingerprint density at radius 2 is 1.80 bits per heavy atom. The van der Waals surface area contributed by atoms with Crippen molar-refractivity contribution in [3.63, 3.8) is 0 Å². The Morgan fingerprint density at radius 3 is 2.66 bits per heavy atom. The number of benzene rings is 2. The van der Waals surface area contributed by atoms with Crippen LogP contribution in [0.15, 0.2) is 73.2 Å². The standard InChI is InChI=1S/C32H28FN7O/c33-22-11-9-20(10-12-22)24-7-4-8-26-30(24)38-32(37-26)31-25-15-27(35-18-28(25)39-40-31)21-14-23(17-34-16-21)36-29(41)13-19-5-2-1-3-6-19/h4,7-12,14-19H,1-3,5-6,13H2,(H,36,41)(H,37,38)(H,39,40). The largest absolute Gasteiger partial charge is 0.337 e. The first-order valence-corrected chi connectivity index (χ1v) is 14.0. The number of hydrogen-bond acceptors (Lipinski definition) is 5. The number of carbonyl (C=O) groups excluding carboxylic acids is 1. The maximum atomic E-state index is 13.5. The number of hydrogen-bond donors (Lipinski definition) is 3. The van der Waals surface area contributed by atoms with Crippen molar-refractivity contribution in [2.24, 2.45) is 5.92 Å². The van der Waals surface area contributed by atoms with Gasteiger partial charge in [-0.25, -0.2) is 9.37 Å². The van der Waals surface area contributed by atoms with E-state index in [1.165, 1.54) is 31.4 Å². The molecule has 1 fully saturated rings. The van der Waals surface area contributed by atoms with Crippen LogP contribution in [-0.2, 0) is 4.79 Å². The summed E-state index contributed by atoms with van der Waals surface area (Å²) < 4.78 is 13.5. The first kappa shape index (κ1) is 25.1. The minimum absolute atomic E-state index is 0.0290. The predicted octanol–water partition coefficient (Wildman–Crippen LogP) is 7.28. The van der Waals surface area contributed by atoms with Gasteiger partial charge in [0, 0.05) is 29.1 Å². The molecule has 1 amide bonds. The molecule has 2 aromatic carbocycles. The van der Waals surface area contributed by atoms with Crippen LogP contribution >= 0.6 is 0 Å². The Morgan fingerprint density at radius 1 is 0.951 bits per heavy atom. The molecule has 4 aromatic heterocycles. The van der Waals surface area contributed by atoms with E-state index in [9.17, 15) is 9.18 Å². The minimum atomic E-state index is -0.279. The monoisotopic (exact) mass is 545 g/mol. The van der Waals surface area contributed by atoms with Crippen molar-refractivity contribution in [2.45, 2.75) is 38.5 Å². The number of aromatic nitrogens is 6. The third-order valence-electron chi connectivity index (χ3n) is 7.86. The van der Waals surface area contributed by atoms with E-state index in [0.29, 0.717) is 35.2 Å². The number of H-pyrrole nitrogens is 2. The average Bonchev–Trinajstić information content (AvgIpc) is 3.62. The number of amides is 1. The number of carbonyl (C=O) groups is 1. The highest BCUT2D eigenvalue weighted by molar-refractivity contribution is 5.98. The maximum absolute atomic E-state index is 13.5. The molecule has 1 aliphatic carbocycles. The molecule has 0 unspecified atom stereocenters. The molecule has 0 aliphatic heterocycles. The molecule has 0 saturated heterocycles. The summed E-state index contributed by atoms with van der Waals surface area (Å²) in [5.74, 6) is 0.827. The normalized spacial score (nSPS) is 14.1. The molecule has 8 nitrogen and oxygen atoms in total. The van der Waals surface area contributed by atoms with Crippen molar-refractivity contribution >= 4 is 33.5 Å². The number of halogens is 1. The SMILES string of the molecule is O=C(CC1CCCCC1)Nc1cncc(-c2cc3c(-c4nc5c(-c6ccc(F)cc6)cccc5[nH]4)n[nH]c3cn2)c1. The van der Waals surface area contributed by atoms with Gasteiger partial charge in [-0.2, -0.15) is 5.10 Å². The number of fused-ring (bicyclic) bond motifs is 2. The smallest absolute Gasteiger partial charge is 0.224 e. The second-order valence-corrected chi connectivity index (χ2v) is 10.7. The molecule has 0 bridgehead atoms. The fourth-order valence-corrected chi connectivity index (χ4v) is 5.78. The number of nitrogens with zero attached hydrogens (tertiary/aromatic N) is 4. The van der Waals surface area contributed by atoms with E-state index >= 15 is 0 Å². The lowest BCUT2D eigenvalue weighted by atomic mass is 9.87. The van der Waals surface area contributed by atoms with E-state index in [2.05, 4.69) is 30.5 Å². The molecule has 1 aliphatic rings. The topological polar surface area (TPSA) is 112 Å². The van der Waals surface area contributed by atoms with Gasteiger partial charge in [0.05, 0.1) is 40.3 Å². The highest BCUT2D eigenvalue weighted by atomic mass is 19.1. The third kappa shape index (κ3) is 5.06. The van der Waals surface area contributed by atoms with Gasteiger partial charge in [-0.15, -0.1) is 0 Å². The van der Waals surface area contributed by atoms with Crippen LogP contribution in [0.1, 0.15) is 38.5 Å². The zero-order valence-electron chi connectivity index (χ0n) is 22.3. The van der Waals surface area contributed by atoms with Gasteiger partial charge in [-0.05, 0) is 54.7 Å². The number of anilines is 1. The van der Waals surface area contributed by atoms with Gasteiger partial charge in [0.1, 0.15) is 11.5 Å². The quantitative estimate of drug-likeness (QED) is 0.204. The summed E-state index contributed by atoms with van der Waals surface area (Å²) in [6.07, 6.45) is 11.6. The Hall–Kier alpha value is -4.92. The highest BCUT2D eigenvalue weighted by Crippen LogP contribution is 2.33. The lowest BCUT2D eigenvalue weighted by molar-refractivity contribution is -0.117. The predicted molar refractivity (Wildman–Crippen MR) is 157 cm³/mol. The summed E-state index contributed by atoms with van der Waals surface area (Å²) in [5, 5.41) is 11.5. The summed E-state index contributed by atoms with van der Waals surface area (Å²) >= 11 is 0. The van der Waals surface area contributed by atoms with E-state index in [0.717, 1.165) is 51.5 Å². The molecule has 1 saturated carbocycles. The lowest BCUT2D eigenvalue weighted by Crippen LogP contribution is -2.18. The second kappa shape index (κ2) is 10.6. The zero-order valence-corrected chi connectivity index (χ0v) is 22.3. The van der Waals surface area contributed by atoms with E-state index in [4.69, 9.17) is 4.98 Å². The average molecular weight is 546 g/mol. The third-order valence-corrected chi connectivity index (χ3v) is 7.86. The Balaban J connectivity index is 1.19. The van der Waals surface area contributed by atoms with Gasteiger partial charge >= 0.3 is 0 Å². The van der Waals surface area contributed by atoms with Gasteiger partial charge < -0.3 is 10.3 Å². The molecule has 6 aromatic rings. The van der Waals surface area contributed by atoms with Crippen LogP contribution in [0.2, 0.25) is 0 Å². The van der Waals surface area contributed by atoms with Crippen LogP contribution in [0, 0.1) is 11.7 Å². The van der Waals surface area contributed by atoms with Crippen LogP contribution in [0.25, 0.3) is 55.8 Å². The number of rotatable bonds is 6. The first-order chi connectivity index (χ1) is 20.1. The highest BCUT2D eigenvalue weighted by Gasteiger charge is 2.19. The summed E-state index contributed by atoms with van der Waals surface area (Å²) in [4.78, 5) is 29.9. The number of pyridine rings is 2. The van der Waals surface area contributed by atoms with Crippen molar-refractivity contribution in [2.75, 3.05) is 5.32 Å². The van der Waals surface area contributed by atoms with Crippen LogP contribution in [0.5, 0.6) is 0 Å². The van der Waals surface area contributed by atoms with Gasteiger partial charge in [0.15, 0.2) is 5.82 Å². The minimum Gasteiger partial charge on any atom is -0.337 e. The molecular formula is C32H28FN7O. The van der Waals surface area contributed by atoms with E-state index in [1.807, 2.05) is 30.3 Å². The van der Waals surface area contributed by atoms with Crippen molar-refractivity contribution in [3.8, 4) is 33.9 Å². The number of aromatic amines is 2. The summed E-state index contributed by atoms with van der Waals surface area (Å²) in [6, 6.07) is 16.1. The van der Waals surface area contributed by atoms with Crippen molar-refractivity contribution in [1.82, 2.24) is 30.1 Å². The Bertz CT molecular complexity index is 1870. The van der Waals surface area contributed by atoms with Gasteiger partial charge in [-0.3, -0.25) is 19.9 Å². The molecule has 7 rings (SSSR count). The molecule has 0 radical (unpaired) electrons. The van der Waals surface area contributed by atoms with Crippen molar-refractivity contribution < 1.29 is 9.18 Å². The molecule has 41 heavy (non-hydrogen) atoms. The van der Waals surface area contributed by atoms with Gasteiger partial charge in [-0.1, -0.05) is 43.5 Å². The van der Waals surface area contributed by atoms with Crippen LogP contribution < -0.4 is 5.32 Å². The number of para-hydroxylation sites is 1. The summed E-state index contributed by atoms with van der Waals surface area (Å²) in [6.45, 7) is 0. The Kier molecular flexibility index (Phi) is 6.47. The summed E-state index contributed by atoms with van der Waals surface area (Å²) in [7, 11) is 0. The number of nitrogens with one attached hydrogen (secondary N) is 3. The first-order valence-electron chi connectivity index (χ1n) is 14.0. The Labute approximate surface area is 235 Å². The van der Waals surface area contributed by atoms with Crippen LogP contribution in [0.4, 0.5) is 10.1 Å².